The number of nitrogens with zero attached hydrogens (tertiary/aromatic N) is 5. The smallest absolute Gasteiger partial charge is 0.137 e. The lowest BCUT2D eigenvalue weighted by Crippen LogP contribution is -2.37. The van der Waals surface area contributed by atoms with Gasteiger partial charge in [-0.2, -0.15) is 0 Å². The third-order valence-electron chi connectivity index (χ3n) is 4.78. The van der Waals surface area contributed by atoms with Gasteiger partial charge in [0.1, 0.15) is 18.0 Å². The van der Waals surface area contributed by atoms with Gasteiger partial charge in [0.25, 0.3) is 0 Å². The van der Waals surface area contributed by atoms with Gasteiger partial charge in [0.2, 0.25) is 0 Å². The van der Waals surface area contributed by atoms with E-state index in [1.807, 2.05) is 42.6 Å². The van der Waals surface area contributed by atoms with E-state index in [0.29, 0.717) is 0 Å². The van der Waals surface area contributed by atoms with E-state index in [4.69, 9.17) is 4.98 Å². The number of pyridine rings is 2. The average molecular weight is 347 g/mol. The SMILES string of the molecule is OC1CCC(N(c2ccncn2)c2cccc(-c3cccnc3)n2)CC1. The van der Waals surface area contributed by atoms with E-state index in [1.54, 1.807) is 18.7 Å². The molecule has 0 aliphatic heterocycles. The van der Waals surface area contributed by atoms with Gasteiger partial charge in [-0.15, -0.1) is 0 Å². The Morgan fingerprint density at radius 2 is 1.77 bits per heavy atom. The maximum Gasteiger partial charge on any atom is 0.137 e. The lowest BCUT2D eigenvalue weighted by atomic mass is 9.92. The Hall–Kier alpha value is -2.86. The number of aliphatic hydroxyl groups excluding tert-OH is 1. The molecule has 1 aliphatic rings. The second-order valence-corrected chi connectivity index (χ2v) is 6.52. The summed E-state index contributed by atoms with van der Waals surface area (Å²) in [5.74, 6) is 1.68. The summed E-state index contributed by atoms with van der Waals surface area (Å²) in [7, 11) is 0. The minimum absolute atomic E-state index is 0.201. The van der Waals surface area contributed by atoms with Gasteiger partial charge in [-0.05, 0) is 56.0 Å². The van der Waals surface area contributed by atoms with Crippen LogP contribution in [0.5, 0.6) is 0 Å². The van der Waals surface area contributed by atoms with Crippen LogP contribution in [0.25, 0.3) is 11.3 Å². The molecule has 26 heavy (non-hydrogen) atoms. The van der Waals surface area contributed by atoms with Crippen LogP contribution in [0.15, 0.2) is 61.3 Å². The monoisotopic (exact) mass is 347 g/mol. The summed E-state index contributed by atoms with van der Waals surface area (Å²) < 4.78 is 0. The van der Waals surface area contributed by atoms with Crippen LogP contribution in [-0.4, -0.2) is 37.2 Å². The molecule has 0 bridgehead atoms. The highest BCUT2D eigenvalue weighted by atomic mass is 16.3. The molecule has 0 spiro atoms. The van der Waals surface area contributed by atoms with Crippen LogP contribution < -0.4 is 4.90 Å². The van der Waals surface area contributed by atoms with Gasteiger partial charge in [-0.1, -0.05) is 6.07 Å². The Labute approximate surface area is 152 Å². The third-order valence-corrected chi connectivity index (χ3v) is 4.78. The molecule has 132 valence electrons. The van der Waals surface area contributed by atoms with Crippen molar-refractivity contribution in [2.75, 3.05) is 4.90 Å². The molecule has 1 N–H and O–H groups in total. The lowest BCUT2D eigenvalue weighted by molar-refractivity contribution is 0.123. The van der Waals surface area contributed by atoms with Crippen LogP contribution in [0.2, 0.25) is 0 Å². The fourth-order valence-electron chi connectivity index (χ4n) is 3.47. The maximum atomic E-state index is 9.88. The van der Waals surface area contributed by atoms with Gasteiger partial charge < -0.3 is 10.0 Å². The van der Waals surface area contributed by atoms with Gasteiger partial charge in [-0.3, -0.25) is 4.98 Å². The highest BCUT2D eigenvalue weighted by Gasteiger charge is 2.27. The zero-order valence-electron chi connectivity index (χ0n) is 14.4. The van der Waals surface area contributed by atoms with E-state index < -0.39 is 0 Å². The summed E-state index contributed by atoms with van der Waals surface area (Å²) in [4.78, 5) is 19.7. The van der Waals surface area contributed by atoms with E-state index in [0.717, 1.165) is 48.6 Å². The zero-order valence-corrected chi connectivity index (χ0v) is 14.4. The molecule has 4 rings (SSSR count). The number of aliphatic hydroxyl groups is 1. The first kappa shape index (κ1) is 16.6. The van der Waals surface area contributed by atoms with E-state index in [2.05, 4.69) is 19.9 Å². The summed E-state index contributed by atoms with van der Waals surface area (Å²) in [6.07, 6.45) is 10.1. The fourth-order valence-corrected chi connectivity index (χ4v) is 3.47. The van der Waals surface area contributed by atoms with Gasteiger partial charge in [0, 0.05) is 30.2 Å². The van der Waals surface area contributed by atoms with Crippen molar-refractivity contribution in [1.29, 1.82) is 0 Å². The zero-order chi connectivity index (χ0) is 17.8. The van der Waals surface area contributed by atoms with E-state index in [-0.39, 0.29) is 12.1 Å². The molecule has 0 unspecified atom stereocenters. The summed E-state index contributed by atoms with van der Waals surface area (Å²) in [6, 6.07) is 12.1. The third kappa shape index (κ3) is 3.55. The molecular weight excluding hydrogens is 326 g/mol. The van der Waals surface area contributed by atoms with E-state index >= 15 is 0 Å². The Balaban J connectivity index is 1.72. The highest BCUT2D eigenvalue weighted by Crippen LogP contribution is 2.33. The van der Waals surface area contributed by atoms with Crippen LogP contribution in [0, 0.1) is 0 Å². The van der Waals surface area contributed by atoms with Crippen molar-refractivity contribution in [2.24, 2.45) is 0 Å². The highest BCUT2D eigenvalue weighted by molar-refractivity contribution is 5.64. The summed E-state index contributed by atoms with van der Waals surface area (Å²) >= 11 is 0. The topological polar surface area (TPSA) is 75.0 Å². The van der Waals surface area contributed by atoms with Crippen LogP contribution in [0.3, 0.4) is 0 Å². The minimum Gasteiger partial charge on any atom is -0.393 e. The minimum atomic E-state index is -0.201. The quantitative estimate of drug-likeness (QED) is 0.780. The molecule has 0 aromatic carbocycles. The first-order chi connectivity index (χ1) is 12.8. The van der Waals surface area contributed by atoms with Gasteiger partial charge in [0.05, 0.1) is 11.8 Å². The Bertz CT molecular complexity index is 835. The Morgan fingerprint density at radius 1 is 0.885 bits per heavy atom. The number of hydrogen-bond donors (Lipinski definition) is 1. The number of anilines is 2. The largest absolute Gasteiger partial charge is 0.393 e. The van der Waals surface area contributed by atoms with E-state index in [1.165, 1.54) is 0 Å². The summed E-state index contributed by atoms with van der Waals surface area (Å²) in [6.45, 7) is 0. The Morgan fingerprint density at radius 3 is 2.50 bits per heavy atom. The molecular formula is C20H21N5O. The molecule has 0 saturated heterocycles. The van der Waals surface area contributed by atoms with Crippen molar-refractivity contribution < 1.29 is 5.11 Å². The number of rotatable bonds is 4. The fraction of sp³-hybridized carbons (Fsp3) is 0.300. The van der Waals surface area contributed by atoms with Crippen LogP contribution >= 0.6 is 0 Å². The summed E-state index contributed by atoms with van der Waals surface area (Å²) in [5, 5.41) is 9.88. The molecule has 0 amide bonds. The standard InChI is InChI=1S/C20H21N5O/c26-17-8-6-16(7-9-17)25(19-10-12-22-14-23-19)20-5-1-4-18(24-20)15-3-2-11-21-13-15/h1-5,10-14,16-17,26H,6-9H2. The summed E-state index contributed by atoms with van der Waals surface area (Å²) in [5.41, 5.74) is 1.86. The number of hydrogen-bond acceptors (Lipinski definition) is 6. The number of aromatic nitrogens is 4. The second kappa shape index (κ2) is 7.58. The van der Waals surface area contributed by atoms with Gasteiger partial charge in [-0.25, -0.2) is 15.0 Å². The van der Waals surface area contributed by atoms with Gasteiger partial charge in [0.15, 0.2) is 0 Å². The average Bonchev–Trinajstić information content (AvgIpc) is 2.71. The molecule has 3 aromatic heterocycles. The molecule has 3 aromatic rings. The maximum absolute atomic E-state index is 9.88. The normalized spacial score (nSPS) is 19.9. The second-order valence-electron chi connectivity index (χ2n) is 6.52. The van der Waals surface area contributed by atoms with Crippen molar-refractivity contribution in [3.05, 3.63) is 61.3 Å². The van der Waals surface area contributed by atoms with E-state index in [9.17, 15) is 5.11 Å². The molecule has 1 aliphatic carbocycles. The van der Waals surface area contributed by atoms with Gasteiger partial charge >= 0.3 is 0 Å². The van der Waals surface area contributed by atoms with Crippen molar-refractivity contribution in [3.63, 3.8) is 0 Å². The Kier molecular flexibility index (Phi) is 4.84. The predicted octanol–water partition coefficient (Wildman–Crippen LogP) is 3.38. The molecule has 0 radical (unpaired) electrons. The molecule has 6 heteroatoms. The first-order valence-electron chi connectivity index (χ1n) is 8.92. The lowest BCUT2D eigenvalue weighted by Gasteiger charge is -2.35. The predicted molar refractivity (Wildman–Crippen MR) is 99.9 cm³/mol. The van der Waals surface area contributed by atoms with Crippen LogP contribution in [0.1, 0.15) is 25.7 Å². The molecule has 1 fully saturated rings. The molecule has 0 atom stereocenters. The molecule has 1 saturated carbocycles. The van der Waals surface area contributed by atoms with Crippen molar-refractivity contribution in [2.45, 2.75) is 37.8 Å². The van der Waals surface area contributed by atoms with Crippen molar-refractivity contribution in [1.82, 2.24) is 19.9 Å². The first-order valence-corrected chi connectivity index (χ1v) is 8.92. The molecule has 6 nitrogen and oxygen atoms in total. The van der Waals surface area contributed by atoms with Crippen molar-refractivity contribution >= 4 is 11.6 Å². The van der Waals surface area contributed by atoms with Crippen molar-refractivity contribution in [3.8, 4) is 11.3 Å². The molecule has 3 heterocycles. The van der Waals surface area contributed by atoms with Crippen LogP contribution in [0.4, 0.5) is 11.6 Å². The van der Waals surface area contributed by atoms with Crippen LogP contribution in [-0.2, 0) is 0 Å².